The van der Waals surface area contributed by atoms with Gasteiger partial charge in [0.05, 0.1) is 18.4 Å². The van der Waals surface area contributed by atoms with Gasteiger partial charge in [-0.15, -0.1) is 13.2 Å². The van der Waals surface area contributed by atoms with Crippen molar-refractivity contribution >= 4 is 11.5 Å². The summed E-state index contributed by atoms with van der Waals surface area (Å²) in [4.78, 5) is 6.33. The van der Waals surface area contributed by atoms with E-state index in [0.717, 1.165) is 22.6 Å². The lowest BCUT2D eigenvalue weighted by Crippen LogP contribution is -2.17. The van der Waals surface area contributed by atoms with E-state index in [1.807, 2.05) is 37.3 Å². The molecule has 6 nitrogen and oxygen atoms in total. The van der Waals surface area contributed by atoms with Crippen molar-refractivity contribution in [2.45, 2.75) is 19.5 Å². The molecule has 2 heterocycles. The van der Waals surface area contributed by atoms with Gasteiger partial charge >= 0.3 is 6.36 Å². The topological polar surface area (TPSA) is 55.2 Å². The van der Waals surface area contributed by atoms with Crippen LogP contribution >= 0.6 is 0 Å². The van der Waals surface area contributed by atoms with Crippen molar-refractivity contribution < 1.29 is 17.9 Å². The fourth-order valence-electron chi connectivity index (χ4n) is 2.65. The summed E-state index contributed by atoms with van der Waals surface area (Å²) in [5, 5.41) is 7.59. The first kappa shape index (κ1) is 19.5. The van der Waals surface area contributed by atoms with E-state index in [-0.39, 0.29) is 5.75 Å². The fraction of sp³-hybridized carbons (Fsp3) is 0.263. The number of alkyl halides is 3. The Morgan fingerprint density at radius 3 is 2.54 bits per heavy atom. The van der Waals surface area contributed by atoms with Gasteiger partial charge in [-0.2, -0.15) is 5.10 Å². The number of pyridine rings is 1. The molecule has 0 aliphatic heterocycles. The highest BCUT2D eigenvalue weighted by atomic mass is 19.4. The molecule has 3 rings (SSSR count). The van der Waals surface area contributed by atoms with Gasteiger partial charge in [-0.3, -0.25) is 4.68 Å². The maximum Gasteiger partial charge on any atom is 0.573 e. The Bertz CT molecular complexity index is 906. The minimum atomic E-state index is -4.69. The number of hydrogen-bond donors (Lipinski definition) is 1. The SMILES string of the molecule is CN(C)c1cccnc1NCc1cnn(Cc2ccc(OC(F)(F)F)cc2)c1. The summed E-state index contributed by atoms with van der Waals surface area (Å²) >= 11 is 0. The molecule has 1 N–H and O–H groups in total. The molecule has 0 saturated carbocycles. The van der Waals surface area contributed by atoms with E-state index >= 15 is 0 Å². The van der Waals surface area contributed by atoms with E-state index in [4.69, 9.17) is 0 Å². The smallest absolute Gasteiger partial charge is 0.406 e. The minimum Gasteiger partial charge on any atom is -0.406 e. The predicted molar refractivity (Wildman–Crippen MR) is 100 cm³/mol. The molecule has 3 aromatic rings. The summed E-state index contributed by atoms with van der Waals surface area (Å²) in [7, 11) is 3.90. The van der Waals surface area contributed by atoms with Gasteiger partial charge < -0.3 is 15.0 Å². The first-order valence-electron chi connectivity index (χ1n) is 8.52. The van der Waals surface area contributed by atoms with Crippen LogP contribution in [0.3, 0.4) is 0 Å². The molecule has 0 spiro atoms. The van der Waals surface area contributed by atoms with E-state index in [1.54, 1.807) is 29.2 Å². The Kier molecular flexibility index (Phi) is 5.72. The monoisotopic (exact) mass is 391 g/mol. The number of halogens is 3. The summed E-state index contributed by atoms with van der Waals surface area (Å²) in [6.45, 7) is 0.995. The van der Waals surface area contributed by atoms with Crippen LogP contribution in [0.1, 0.15) is 11.1 Å². The van der Waals surface area contributed by atoms with E-state index in [2.05, 4.69) is 20.1 Å². The number of anilines is 2. The van der Waals surface area contributed by atoms with Gasteiger partial charge in [0.2, 0.25) is 0 Å². The number of benzene rings is 1. The zero-order valence-electron chi connectivity index (χ0n) is 15.4. The fourth-order valence-corrected chi connectivity index (χ4v) is 2.65. The Morgan fingerprint density at radius 1 is 1.11 bits per heavy atom. The van der Waals surface area contributed by atoms with Crippen LogP contribution in [0.5, 0.6) is 5.75 Å². The van der Waals surface area contributed by atoms with Crippen molar-refractivity contribution in [3.05, 3.63) is 66.1 Å². The molecular weight excluding hydrogens is 371 g/mol. The van der Waals surface area contributed by atoms with E-state index < -0.39 is 6.36 Å². The van der Waals surface area contributed by atoms with Crippen molar-refractivity contribution in [1.29, 1.82) is 0 Å². The summed E-state index contributed by atoms with van der Waals surface area (Å²) in [6, 6.07) is 9.60. The Balaban J connectivity index is 1.59. The maximum absolute atomic E-state index is 12.2. The lowest BCUT2D eigenvalue weighted by Gasteiger charge is -2.16. The molecule has 148 valence electrons. The summed E-state index contributed by atoms with van der Waals surface area (Å²) in [5.41, 5.74) is 2.76. The second-order valence-electron chi connectivity index (χ2n) is 6.36. The van der Waals surface area contributed by atoms with Gasteiger partial charge in [0.1, 0.15) is 11.6 Å². The number of hydrogen-bond acceptors (Lipinski definition) is 5. The molecule has 0 saturated heterocycles. The molecule has 0 radical (unpaired) electrons. The molecule has 0 atom stereocenters. The average Bonchev–Trinajstić information content (AvgIpc) is 3.08. The summed E-state index contributed by atoms with van der Waals surface area (Å²) < 4.78 is 42.2. The molecule has 0 bridgehead atoms. The summed E-state index contributed by atoms with van der Waals surface area (Å²) in [5.74, 6) is 0.536. The summed E-state index contributed by atoms with van der Waals surface area (Å²) in [6.07, 6.45) is 0.661. The third-order valence-electron chi connectivity index (χ3n) is 3.92. The number of rotatable bonds is 7. The van der Waals surface area contributed by atoms with Crippen LogP contribution in [-0.2, 0) is 13.1 Å². The normalized spacial score (nSPS) is 11.3. The molecule has 0 aliphatic rings. The van der Waals surface area contributed by atoms with Crippen LogP contribution < -0.4 is 15.0 Å². The largest absolute Gasteiger partial charge is 0.573 e. The zero-order valence-corrected chi connectivity index (χ0v) is 15.4. The van der Waals surface area contributed by atoms with Gasteiger partial charge in [-0.05, 0) is 29.8 Å². The van der Waals surface area contributed by atoms with Crippen LogP contribution in [0.2, 0.25) is 0 Å². The van der Waals surface area contributed by atoms with E-state index in [0.29, 0.717) is 13.1 Å². The van der Waals surface area contributed by atoms with Crippen molar-refractivity contribution in [2.75, 3.05) is 24.3 Å². The molecular formula is C19H20F3N5O. The second-order valence-corrected chi connectivity index (χ2v) is 6.36. The van der Waals surface area contributed by atoms with Crippen molar-refractivity contribution in [2.24, 2.45) is 0 Å². The molecule has 0 amide bonds. The van der Waals surface area contributed by atoms with E-state index in [9.17, 15) is 13.2 Å². The van der Waals surface area contributed by atoms with Crippen LogP contribution in [-0.4, -0.2) is 35.2 Å². The lowest BCUT2D eigenvalue weighted by molar-refractivity contribution is -0.274. The van der Waals surface area contributed by atoms with Crippen LogP contribution in [0, 0.1) is 0 Å². The molecule has 9 heteroatoms. The number of ether oxygens (including phenoxy) is 1. The van der Waals surface area contributed by atoms with Crippen molar-refractivity contribution in [3.63, 3.8) is 0 Å². The highest BCUT2D eigenvalue weighted by Crippen LogP contribution is 2.23. The second kappa shape index (κ2) is 8.20. The highest BCUT2D eigenvalue weighted by molar-refractivity contribution is 5.64. The predicted octanol–water partition coefficient (Wildman–Crippen LogP) is 3.90. The number of nitrogens with one attached hydrogen (secondary N) is 1. The number of aromatic nitrogens is 3. The Labute approximate surface area is 160 Å². The average molecular weight is 391 g/mol. The molecule has 2 aromatic heterocycles. The van der Waals surface area contributed by atoms with Gasteiger partial charge in [0.15, 0.2) is 0 Å². The quantitative estimate of drug-likeness (QED) is 0.662. The minimum absolute atomic E-state index is 0.242. The van der Waals surface area contributed by atoms with Crippen LogP contribution in [0.15, 0.2) is 55.0 Å². The lowest BCUT2D eigenvalue weighted by atomic mass is 10.2. The molecule has 0 unspecified atom stereocenters. The van der Waals surface area contributed by atoms with Gasteiger partial charge in [0.25, 0.3) is 0 Å². The van der Waals surface area contributed by atoms with Crippen LogP contribution in [0.4, 0.5) is 24.7 Å². The zero-order chi connectivity index (χ0) is 20.1. The van der Waals surface area contributed by atoms with Crippen LogP contribution in [0.25, 0.3) is 0 Å². The standard InChI is InChI=1S/C19H20F3N5O/c1-26(2)17-4-3-9-23-18(17)24-10-15-11-25-27(13-15)12-14-5-7-16(8-6-14)28-19(20,21)22/h3-9,11,13H,10,12H2,1-2H3,(H,23,24). The Morgan fingerprint density at radius 2 is 1.86 bits per heavy atom. The maximum atomic E-state index is 12.2. The molecule has 0 fully saturated rings. The number of nitrogens with zero attached hydrogens (tertiary/aromatic N) is 4. The van der Waals surface area contributed by atoms with Crippen molar-refractivity contribution in [1.82, 2.24) is 14.8 Å². The third-order valence-corrected chi connectivity index (χ3v) is 3.92. The third kappa shape index (κ3) is 5.38. The Hall–Kier alpha value is -3.23. The molecule has 28 heavy (non-hydrogen) atoms. The highest BCUT2D eigenvalue weighted by Gasteiger charge is 2.30. The molecule has 0 aliphatic carbocycles. The van der Waals surface area contributed by atoms with Gasteiger partial charge in [-0.25, -0.2) is 4.98 Å². The van der Waals surface area contributed by atoms with E-state index in [1.165, 1.54) is 12.1 Å². The first-order chi connectivity index (χ1) is 13.3. The van der Waals surface area contributed by atoms with Crippen molar-refractivity contribution in [3.8, 4) is 5.75 Å². The van der Waals surface area contributed by atoms with Gasteiger partial charge in [-0.1, -0.05) is 12.1 Å². The van der Waals surface area contributed by atoms with Gasteiger partial charge in [0, 0.05) is 38.6 Å². The molecule has 1 aromatic carbocycles. The first-order valence-corrected chi connectivity index (χ1v) is 8.52.